The zero-order chi connectivity index (χ0) is 74.9. The largest absolute Gasteiger partial charge is 0.394 e. The van der Waals surface area contributed by atoms with Crippen molar-refractivity contribution in [1.29, 1.82) is 0 Å². The minimum absolute atomic E-state index is 0.00894. The number of halogens is 1. The Kier molecular flexibility index (Phi) is 23.3. The summed E-state index contributed by atoms with van der Waals surface area (Å²) < 4.78 is 127. The van der Waals surface area contributed by atoms with Gasteiger partial charge in [0.15, 0.2) is 11.6 Å². The van der Waals surface area contributed by atoms with E-state index in [-0.39, 0.29) is 213 Å². The molecule has 20 rings (SSSR count). The highest BCUT2D eigenvalue weighted by molar-refractivity contribution is 8.13. The molecule has 20 saturated heterocycles. The Morgan fingerprint density at radius 3 is 1.22 bits per heavy atom. The Morgan fingerprint density at radius 2 is 0.804 bits per heavy atom. The molecule has 0 saturated carbocycles. The quantitative estimate of drug-likeness (QED) is 0.165. The number of ether oxygens (including phenoxy) is 16. The normalized spacial score (nSPS) is 51.2. The summed E-state index contributed by atoms with van der Waals surface area (Å²) in [5.41, 5.74) is 4.49. The van der Waals surface area contributed by atoms with Gasteiger partial charge in [0.1, 0.15) is 72.6 Å². The average Bonchev–Trinajstić information content (AvgIpc) is 1.55. The van der Waals surface area contributed by atoms with Crippen molar-refractivity contribution in [2.24, 2.45) is 35.5 Å². The number of aliphatic hydroxyl groups is 3. The molecule has 0 amide bonds. The molecule has 0 aromatic carbocycles. The highest BCUT2D eigenvalue weighted by atomic mass is 35.7. The van der Waals surface area contributed by atoms with Gasteiger partial charge >= 0.3 is 0 Å². The van der Waals surface area contributed by atoms with Crippen LogP contribution in [0, 0.1) is 35.5 Å². The summed E-state index contributed by atoms with van der Waals surface area (Å²) in [6.07, 6.45) is 14.5. The van der Waals surface area contributed by atoms with E-state index in [2.05, 4.69) is 64.7 Å². The highest BCUT2D eigenvalue weighted by Gasteiger charge is 2.71. The summed E-state index contributed by atoms with van der Waals surface area (Å²) in [6.45, 7) is 28.3. The Balaban J connectivity index is 0.000000154. The third-order valence-electron chi connectivity index (χ3n) is 28.5. The average molecular weight is 1540 g/mol. The van der Waals surface area contributed by atoms with E-state index < -0.39 is 32.8 Å². The summed E-state index contributed by atoms with van der Waals surface area (Å²) in [7, 11) is 1.31. The van der Waals surface area contributed by atoms with Gasteiger partial charge < -0.3 is 91.1 Å². The van der Waals surface area contributed by atoms with Crippen molar-refractivity contribution in [3.63, 3.8) is 0 Å². The van der Waals surface area contributed by atoms with Gasteiger partial charge in [-0.2, -0.15) is 0 Å². The first-order valence-electron chi connectivity index (χ1n) is 41.3. The van der Waals surface area contributed by atoms with Gasteiger partial charge in [-0.15, -0.1) is 0 Å². The van der Waals surface area contributed by atoms with Gasteiger partial charge in [0.2, 0.25) is 9.05 Å². The predicted molar refractivity (Wildman–Crippen MR) is 389 cm³/mol. The predicted octanol–water partition coefficient (Wildman–Crippen LogP) is 9.79. The van der Waals surface area contributed by atoms with Crippen LogP contribution in [0.3, 0.4) is 0 Å². The first-order chi connectivity index (χ1) is 51.1. The first-order valence-corrected chi connectivity index (χ1v) is 44.0. The fourth-order valence-electron chi connectivity index (χ4n) is 22.6. The molecule has 38 atom stereocenters. The molecule has 600 valence electrons. The van der Waals surface area contributed by atoms with E-state index in [0.29, 0.717) is 88.9 Å². The van der Waals surface area contributed by atoms with Crippen molar-refractivity contribution in [3.8, 4) is 0 Å². The molecule has 0 aromatic heterocycles. The third kappa shape index (κ3) is 16.4. The van der Waals surface area contributed by atoms with E-state index >= 15 is 0 Å². The number of carbonyl (C=O) groups excluding carboxylic acids is 2. The maximum atomic E-state index is 14.0. The van der Waals surface area contributed by atoms with Crippen molar-refractivity contribution in [3.05, 3.63) is 48.6 Å². The standard InChI is InChI=1S/C41H60O10.C40H58O11.CH3ClO2S/c1-6-24(42)17-32-23(5)29-16-25(43)15-27-8-10-31-36(46-27)40-39-38(48-31)37-35(49-39)19-41(50-37,51-40)12-11-28-14-21(3)30(44-28)9-7-26-13-20(2)22(4)33(45-26)18-34(29)47-32;1-19-11-25-5-7-29-20(2)12-27(44-29)9-10-40-17-34-36(50-40)37-38(49-34)39(51-40)35-30(48-37)8-6-26(46-35)13-23(42)14-28-22(4)31(15-24(43)18-41)47-33(28)16-32(45-25)21(19)3;1-5(2,3)4/h20,23-24,26-40,42H,3-4,6-19H2,1-2,5H3;19,22,24-39,41,43H,2-3,5-18H2,1,4H3;1H3/t20-,23-,24-,26?,27?,28?,29-,30+,31+,32-,33-,34?,35-,36+,37?,38+,39-,40+,41+;19-,22-,24+,25?,26?,27?,28-,29+,30+,31-,32-,33?,34-,35+,36?,37+,38-,39+,40+;/m11./s1. The molecule has 25 heteroatoms. The first kappa shape index (κ1) is 78.7. The summed E-state index contributed by atoms with van der Waals surface area (Å²) in [6, 6.07) is 0. The van der Waals surface area contributed by atoms with E-state index in [1.807, 2.05) is 6.92 Å². The molecule has 0 aromatic rings. The maximum absolute atomic E-state index is 14.0. The fraction of sp³-hybridized carbons (Fsp3) is 0.878. The monoisotopic (exact) mass is 1540 g/mol. The van der Waals surface area contributed by atoms with E-state index in [4.69, 9.17) is 75.8 Å². The summed E-state index contributed by atoms with van der Waals surface area (Å²) >= 11 is 0. The third-order valence-corrected chi connectivity index (χ3v) is 28.5. The number of fused-ring (bicyclic) bond motifs is 12. The molecule has 24 bridgehead atoms. The van der Waals surface area contributed by atoms with Gasteiger partial charge in [-0.25, -0.2) is 8.42 Å². The van der Waals surface area contributed by atoms with Crippen molar-refractivity contribution in [1.82, 2.24) is 0 Å². The number of hydrogen-bond donors (Lipinski definition) is 3. The molecule has 107 heavy (non-hydrogen) atoms. The second-order valence-corrected chi connectivity index (χ2v) is 39.0. The minimum atomic E-state index is -3.19. The second-order valence-electron chi connectivity index (χ2n) is 36.0. The molecule has 20 aliphatic rings. The number of ketones is 2. The molecule has 2 spiro atoms. The van der Waals surface area contributed by atoms with Crippen LogP contribution in [0.25, 0.3) is 0 Å². The van der Waals surface area contributed by atoms with Crippen LogP contribution in [0.1, 0.15) is 208 Å². The van der Waals surface area contributed by atoms with Gasteiger partial charge in [-0.3, -0.25) is 9.59 Å². The summed E-state index contributed by atoms with van der Waals surface area (Å²) in [5, 5.41) is 30.6. The molecule has 20 fully saturated rings. The second kappa shape index (κ2) is 31.8. The lowest BCUT2D eigenvalue weighted by molar-refractivity contribution is -0.292. The smallest absolute Gasteiger partial charge is 0.229 e. The van der Waals surface area contributed by atoms with Gasteiger partial charge in [0, 0.05) is 81.3 Å². The van der Waals surface area contributed by atoms with Crippen LogP contribution in [0.4, 0.5) is 0 Å². The van der Waals surface area contributed by atoms with Crippen LogP contribution in [0.15, 0.2) is 48.6 Å². The zero-order valence-corrected chi connectivity index (χ0v) is 65.3. The van der Waals surface area contributed by atoms with Gasteiger partial charge in [0.05, 0.1) is 135 Å². The SMILES string of the molecule is C=C1CC2CC[C@@]34C[C@H]5O[C@H]6[C@@H](O3)[C@H]3OC(CC[C@@H]3O[C@H]6C5O4)CC(=O)C[C@H]3C(C[C@H]4OC(CC[C@@H]1O2)C[C@@H](C)C4=C)O[C@H](C[C@H](O)CC)[C@@H]3C.C=C1CC2CC[C@@]34C[C@H]5O[C@H]6[C@@H](O3)[C@H]3OC(CC[C@@H]3O[C@H]6C5O4)CC(=O)C[C@H]3C(C[C@H]4OC(CC[C@@H]1O2)C[C@@H](C)C4=C)O[C@H](C[C@H](O)CO)[C@@H]3C.CS(=O)(=O)Cl. The lowest BCUT2D eigenvalue weighted by atomic mass is 9.78. The molecule has 10 unspecified atom stereocenters. The highest BCUT2D eigenvalue weighted by Crippen LogP contribution is 2.58. The molecular weight excluding hydrogens is 1420 g/mol. The summed E-state index contributed by atoms with van der Waals surface area (Å²) in [4.78, 5) is 28.0. The molecule has 3 N–H and O–H groups in total. The number of carbonyl (C=O) groups is 2. The zero-order valence-electron chi connectivity index (χ0n) is 63.7. The maximum Gasteiger partial charge on any atom is 0.229 e. The van der Waals surface area contributed by atoms with Crippen LogP contribution in [-0.2, 0) is 94.4 Å². The molecule has 23 nitrogen and oxygen atoms in total. The van der Waals surface area contributed by atoms with Crippen molar-refractivity contribution < 1.29 is 109 Å². The topological polar surface area (TPSA) is 277 Å². The van der Waals surface area contributed by atoms with E-state index in [0.717, 1.165) is 125 Å². The Morgan fingerprint density at radius 1 is 0.430 bits per heavy atom. The Hall–Kier alpha value is -2.22. The lowest BCUT2D eigenvalue weighted by Crippen LogP contribution is -2.61. The van der Waals surface area contributed by atoms with Gasteiger partial charge in [0.25, 0.3) is 0 Å². The van der Waals surface area contributed by atoms with Gasteiger partial charge in [-0.05, 0) is 161 Å². The fourth-order valence-corrected chi connectivity index (χ4v) is 22.6. The Bertz CT molecular complexity index is 3170. The lowest BCUT2D eigenvalue weighted by Gasteiger charge is -2.47. The summed E-state index contributed by atoms with van der Waals surface area (Å²) in [5.74, 6) is -0.444. The van der Waals surface area contributed by atoms with Crippen molar-refractivity contribution in [2.45, 2.75) is 403 Å². The van der Waals surface area contributed by atoms with E-state index in [1.165, 1.54) is 0 Å². The van der Waals surface area contributed by atoms with Crippen LogP contribution in [0.5, 0.6) is 0 Å². The van der Waals surface area contributed by atoms with Crippen LogP contribution in [-0.4, -0.2) is 243 Å². The minimum Gasteiger partial charge on any atom is -0.394 e. The van der Waals surface area contributed by atoms with Crippen molar-refractivity contribution >= 4 is 31.3 Å². The number of aliphatic hydroxyl groups excluding tert-OH is 3. The molecular formula is C82H121ClO23S. The van der Waals surface area contributed by atoms with Crippen LogP contribution < -0.4 is 0 Å². The molecule has 20 aliphatic heterocycles. The van der Waals surface area contributed by atoms with Crippen LogP contribution in [0.2, 0.25) is 0 Å². The van der Waals surface area contributed by atoms with E-state index in [9.17, 15) is 33.3 Å². The van der Waals surface area contributed by atoms with Crippen molar-refractivity contribution in [2.75, 3.05) is 12.9 Å². The number of hydrogen-bond acceptors (Lipinski definition) is 23. The molecule has 0 aliphatic carbocycles. The van der Waals surface area contributed by atoms with E-state index in [1.54, 1.807) is 0 Å². The number of rotatable bonds is 6. The van der Waals surface area contributed by atoms with Gasteiger partial charge in [-0.1, -0.05) is 60.9 Å². The van der Waals surface area contributed by atoms with Crippen LogP contribution >= 0.6 is 10.7 Å². The molecule has 20 heterocycles. The molecule has 0 radical (unpaired) electrons. The number of Topliss-reactive ketones (excluding diaryl/α,β-unsaturated/α-hetero) is 2. The Labute approximate surface area is 636 Å².